The number of fused-ring (bicyclic) bond motifs is 1. The molecule has 3 heteroatoms. The van der Waals surface area contributed by atoms with Crippen LogP contribution in [0, 0.1) is 5.82 Å². The van der Waals surface area contributed by atoms with Crippen LogP contribution in [-0.4, -0.2) is 12.1 Å². The van der Waals surface area contributed by atoms with Gasteiger partial charge in [0.05, 0.1) is 6.26 Å². The van der Waals surface area contributed by atoms with Gasteiger partial charge in [0.25, 0.3) is 0 Å². The lowest BCUT2D eigenvalue weighted by Crippen LogP contribution is -2.36. The molecule has 2 aromatic rings. The van der Waals surface area contributed by atoms with Gasteiger partial charge in [-0.3, -0.25) is 0 Å². The molecule has 1 aromatic carbocycles. The van der Waals surface area contributed by atoms with Crippen molar-refractivity contribution in [1.29, 1.82) is 0 Å². The average Bonchev–Trinajstić information content (AvgIpc) is 2.74. The molecule has 18 heavy (non-hydrogen) atoms. The number of hydrogen-bond donors (Lipinski definition) is 1. The largest absolute Gasteiger partial charge is 0.464 e. The average molecular weight is 245 g/mol. The molecule has 2 atom stereocenters. The summed E-state index contributed by atoms with van der Waals surface area (Å²) in [5.41, 5.74) is 2.83. The second kappa shape index (κ2) is 4.25. The second-order valence-electron chi connectivity index (χ2n) is 5.04. The SMILES string of the molecule is CC1C=C(c2cc(F)cc3ccoc23)CC(C)N1. The fraction of sp³-hybridized carbons (Fsp3) is 0.333. The van der Waals surface area contributed by atoms with Crippen molar-refractivity contribution in [3.8, 4) is 0 Å². The Bertz CT molecular complexity index is 614. The van der Waals surface area contributed by atoms with Gasteiger partial charge >= 0.3 is 0 Å². The first-order valence-electron chi connectivity index (χ1n) is 6.27. The second-order valence-corrected chi connectivity index (χ2v) is 5.04. The lowest BCUT2D eigenvalue weighted by atomic mass is 9.92. The van der Waals surface area contributed by atoms with Crippen LogP contribution in [0.5, 0.6) is 0 Å². The third-order valence-corrected chi connectivity index (χ3v) is 3.39. The van der Waals surface area contributed by atoms with E-state index in [1.807, 2.05) is 0 Å². The highest BCUT2D eigenvalue weighted by Gasteiger charge is 2.19. The summed E-state index contributed by atoms with van der Waals surface area (Å²) in [6, 6.07) is 5.58. The molecule has 0 fully saturated rings. The van der Waals surface area contributed by atoms with Gasteiger partial charge in [0.1, 0.15) is 11.4 Å². The molecule has 94 valence electrons. The molecule has 0 saturated heterocycles. The monoisotopic (exact) mass is 245 g/mol. The Morgan fingerprint density at radius 3 is 2.94 bits per heavy atom. The molecule has 0 saturated carbocycles. The van der Waals surface area contributed by atoms with E-state index in [4.69, 9.17) is 4.42 Å². The predicted molar refractivity (Wildman–Crippen MR) is 70.8 cm³/mol. The third kappa shape index (κ3) is 1.95. The van der Waals surface area contributed by atoms with Crippen LogP contribution in [0.3, 0.4) is 0 Å². The Hall–Kier alpha value is -1.61. The minimum atomic E-state index is -0.210. The fourth-order valence-corrected chi connectivity index (χ4v) is 2.74. The smallest absolute Gasteiger partial charge is 0.141 e. The molecule has 1 aliphatic rings. The maximum absolute atomic E-state index is 13.6. The molecule has 2 nitrogen and oxygen atoms in total. The van der Waals surface area contributed by atoms with Crippen LogP contribution in [0.15, 0.2) is 35.0 Å². The Morgan fingerprint density at radius 1 is 1.33 bits per heavy atom. The van der Waals surface area contributed by atoms with E-state index < -0.39 is 0 Å². The first-order valence-corrected chi connectivity index (χ1v) is 6.27. The summed E-state index contributed by atoms with van der Waals surface area (Å²) in [6.45, 7) is 4.25. The van der Waals surface area contributed by atoms with Crippen LogP contribution in [0.2, 0.25) is 0 Å². The Morgan fingerprint density at radius 2 is 2.17 bits per heavy atom. The highest BCUT2D eigenvalue weighted by molar-refractivity contribution is 5.90. The van der Waals surface area contributed by atoms with Crippen LogP contribution in [0.1, 0.15) is 25.8 Å². The van der Waals surface area contributed by atoms with Crippen molar-refractivity contribution in [2.45, 2.75) is 32.4 Å². The molecule has 1 aromatic heterocycles. The van der Waals surface area contributed by atoms with Gasteiger partial charge in [0.2, 0.25) is 0 Å². The zero-order valence-electron chi connectivity index (χ0n) is 10.5. The van der Waals surface area contributed by atoms with E-state index in [0.29, 0.717) is 12.1 Å². The lowest BCUT2D eigenvalue weighted by molar-refractivity contribution is 0.506. The summed E-state index contributed by atoms with van der Waals surface area (Å²) in [4.78, 5) is 0. The predicted octanol–water partition coefficient (Wildman–Crippen LogP) is 3.73. The topological polar surface area (TPSA) is 25.2 Å². The van der Waals surface area contributed by atoms with Gasteiger partial charge < -0.3 is 9.73 Å². The van der Waals surface area contributed by atoms with Crippen molar-refractivity contribution >= 4 is 16.5 Å². The molecule has 3 rings (SSSR count). The molecule has 0 aliphatic carbocycles. The molecule has 1 aliphatic heterocycles. The van der Waals surface area contributed by atoms with Crippen molar-refractivity contribution in [2.24, 2.45) is 0 Å². The van der Waals surface area contributed by atoms with Crippen LogP contribution >= 0.6 is 0 Å². The van der Waals surface area contributed by atoms with Crippen LogP contribution in [-0.2, 0) is 0 Å². The number of furan rings is 1. The van der Waals surface area contributed by atoms with E-state index in [2.05, 4.69) is 25.2 Å². The number of hydrogen-bond acceptors (Lipinski definition) is 2. The van der Waals surface area contributed by atoms with Gasteiger partial charge in [0.15, 0.2) is 0 Å². The van der Waals surface area contributed by atoms with Gasteiger partial charge in [-0.2, -0.15) is 0 Å². The Balaban J connectivity index is 2.16. The highest BCUT2D eigenvalue weighted by Crippen LogP contribution is 2.31. The standard InChI is InChI=1S/C15H16FNO/c1-9-5-12(6-10(2)17-9)14-8-13(16)7-11-3-4-18-15(11)14/h3-5,7-10,17H,6H2,1-2H3. The number of nitrogens with one attached hydrogen (secondary N) is 1. The van der Waals surface area contributed by atoms with E-state index in [0.717, 1.165) is 28.5 Å². The summed E-state index contributed by atoms with van der Waals surface area (Å²) in [7, 11) is 0. The van der Waals surface area contributed by atoms with E-state index in [1.54, 1.807) is 18.4 Å². The van der Waals surface area contributed by atoms with Crippen molar-refractivity contribution in [3.05, 3.63) is 41.9 Å². The van der Waals surface area contributed by atoms with E-state index in [1.165, 1.54) is 6.07 Å². The summed E-state index contributed by atoms with van der Waals surface area (Å²) >= 11 is 0. The Labute approximate surface area is 105 Å². The Kier molecular flexibility index (Phi) is 2.71. The molecule has 0 spiro atoms. The van der Waals surface area contributed by atoms with Crippen molar-refractivity contribution in [1.82, 2.24) is 5.32 Å². The minimum absolute atomic E-state index is 0.210. The first kappa shape index (κ1) is 11.5. The number of benzene rings is 1. The molecule has 0 radical (unpaired) electrons. The van der Waals surface area contributed by atoms with Crippen molar-refractivity contribution in [2.75, 3.05) is 0 Å². The van der Waals surface area contributed by atoms with Crippen LogP contribution in [0.25, 0.3) is 16.5 Å². The molecule has 2 heterocycles. The van der Waals surface area contributed by atoms with Crippen molar-refractivity contribution in [3.63, 3.8) is 0 Å². The summed E-state index contributed by atoms with van der Waals surface area (Å²) in [6.07, 6.45) is 4.66. The third-order valence-electron chi connectivity index (χ3n) is 3.39. The van der Waals surface area contributed by atoms with Crippen molar-refractivity contribution < 1.29 is 8.81 Å². The van der Waals surface area contributed by atoms with Gasteiger partial charge in [-0.05, 0) is 44.0 Å². The van der Waals surface area contributed by atoms with E-state index in [9.17, 15) is 4.39 Å². The maximum atomic E-state index is 13.6. The number of rotatable bonds is 1. The molecule has 2 unspecified atom stereocenters. The maximum Gasteiger partial charge on any atom is 0.141 e. The lowest BCUT2D eigenvalue weighted by Gasteiger charge is -2.26. The molecule has 0 amide bonds. The van der Waals surface area contributed by atoms with Gasteiger partial charge in [-0.15, -0.1) is 0 Å². The summed E-state index contributed by atoms with van der Waals surface area (Å²) < 4.78 is 19.1. The summed E-state index contributed by atoms with van der Waals surface area (Å²) in [5.74, 6) is -0.210. The van der Waals surface area contributed by atoms with Gasteiger partial charge in [-0.1, -0.05) is 6.08 Å². The van der Waals surface area contributed by atoms with E-state index >= 15 is 0 Å². The van der Waals surface area contributed by atoms with Gasteiger partial charge in [0, 0.05) is 23.0 Å². The minimum Gasteiger partial charge on any atom is -0.464 e. The quantitative estimate of drug-likeness (QED) is 0.828. The molecule has 1 N–H and O–H groups in total. The van der Waals surface area contributed by atoms with E-state index in [-0.39, 0.29) is 5.82 Å². The first-order chi connectivity index (χ1) is 8.63. The normalized spacial score (nSPS) is 24.3. The molecular weight excluding hydrogens is 229 g/mol. The van der Waals surface area contributed by atoms with Crippen LogP contribution in [0.4, 0.5) is 4.39 Å². The number of halogens is 1. The zero-order valence-corrected chi connectivity index (χ0v) is 10.5. The molecule has 0 bridgehead atoms. The summed E-state index contributed by atoms with van der Waals surface area (Å²) in [5, 5.41) is 4.26. The van der Waals surface area contributed by atoms with Gasteiger partial charge in [-0.25, -0.2) is 4.39 Å². The highest BCUT2D eigenvalue weighted by atomic mass is 19.1. The zero-order chi connectivity index (χ0) is 12.7. The molecular formula is C15H16FNO. The fourth-order valence-electron chi connectivity index (χ4n) is 2.74. The van der Waals surface area contributed by atoms with Crippen LogP contribution < -0.4 is 5.32 Å².